The molecule has 2 rings (SSSR count). The summed E-state index contributed by atoms with van der Waals surface area (Å²) in [6, 6.07) is 4.63. The Kier molecular flexibility index (Phi) is 7.72. The Morgan fingerprint density at radius 2 is 1.89 bits per heavy atom. The average Bonchev–Trinajstić information content (AvgIpc) is 2.64. The Labute approximate surface area is 162 Å². The van der Waals surface area contributed by atoms with Crippen molar-refractivity contribution in [3.8, 4) is 5.75 Å². The lowest BCUT2D eigenvalue weighted by atomic mass is 9.99. The summed E-state index contributed by atoms with van der Waals surface area (Å²) in [5, 5.41) is 61.8. The number of hydrogen-bond donors (Lipinski definition) is 7. The second-order valence-corrected chi connectivity index (χ2v) is 7.01. The van der Waals surface area contributed by atoms with E-state index < -0.39 is 42.8 Å². The summed E-state index contributed by atoms with van der Waals surface area (Å²) in [7, 11) is 0. The van der Waals surface area contributed by atoms with Gasteiger partial charge in [-0.2, -0.15) is 0 Å². The molecule has 0 aliphatic carbocycles. The van der Waals surface area contributed by atoms with Gasteiger partial charge in [-0.3, -0.25) is 0 Å². The first-order chi connectivity index (χ1) is 13.1. The van der Waals surface area contributed by atoms with Gasteiger partial charge in [0.1, 0.15) is 24.1 Å². The number of phenols is 1. The summed E-state index contributed by atoms with van der Waals surface area (Å²) in [6.07, 6.45) is -9.40. The molecule has 158 valence electrons. The van der Waals surface area contributed by atoms with E-state index in [-0.39, 0.29) is 24.0 Å². The van der Waals surface area contributed by atoms with E-state index in [1.807, 2.05) is 13.8 Å². The third kappa shape index (κ3) is 5.39. The maximum absolute atomic E-state index is 11.1. The molecule has 0 aromatic heterocycles. The molecule has 0 amide bonds. The van der Waals surface area contributed by atoms with Crippen LogP contribution in [0.1, 0.15) is 31.1 Å². The standard InChI is InChI=1S/C18H27NO9/c1-8(2)19-6-12(21)9-3-4-11(20)10(5-9)7-27-18-15(24)13(22)14(23)16(28-18)17(25)26/h3-5,8,12-16,18-24H,6-7H2,1-2H3,(H,25,26)/t12?,13-,14-,15+,16-,18+/m0/s1. The second kappa shape index (κ2) is 9.61. The largest absolute Gasteiger partial charge is 0.508 e. The van der Waals surface area contributed by atoms with Crippen LogP contribution in [0.25, 0.3) is 0 Å². The molecule has 0 spiro atoms. The number of benzene rings is 1. The lowest BCUT2D eigenvalue weighted by molar-refractivity contribution is -0.297. The zero-order valence-corrected chi connectivity index (χ0v) is 15.6. The molecule has 6 atom stereocenters. The number of aliphatic hydroxyl groups is 4. The van der Waals surface area contributed by atoms with Gasteiger partial charge in [0.05, 0.1) is 12.7 Å². The van der Waals surface area contributed by atoms with E-state index in [2.05, 4.69) is 5.32 Å². The monoisotopic (exact) mass is 401 g/mol. The molecule has 10 heteroatoms. The SMILES string of the molecule is CC(C)NCC(O)c1ccc(O)c(CO[C@@H]2O[C@H](C(=O)O)[C@@H](O)[C@H](O)[C@H]2O)c1. The van der Waals surface area contributed by atoms with Crippen LogP contribution < -0.4 is 5.32 Å². The van der Waals surface area contributed by atoms with Crippen LogP contribution in [-0.2, 0) is 20.9 Å². The minimum Gasteiger partial charge on any atom is -0.508 e. The van der Waals surface area contributed by atoms with Crippen LogP contribution in [0.2, 0.25) is 0 Å². The molecule has 28 heavy (non-hydrogen) atoms. The highest BCUT2D eigenvalue weighted by molar-refractivity contribution is 5.73. The van der Waals surface area contributed by atoms with E-state index in [0.29, 0.717) is 12.1 Å². The van der Waals surface area contributed by atoms with E-state index in [1.54, 1.807) is 6.07 Å². The molecule has 1 saturated heterocycles. The molecule has 1 aliphatic rings. The van der Waals surface area contributed by atoms with E-state index in [4.69, 9.17) is 14.6 Å². The lowest BCUT2D eigenvalue weighted by Gasteiger charge is -2.38. The van der Waals surface area contributed by atoms with Gasteiger partial charge >= 0.3 is 5.97 Å². The number of ether oxygens (including phenoxy) is 2. The van der Waals surface area contributed by atoms with Crippen LogP contribution in [0.4, 0.5) is 0 Å². The Hall–Kier alpha value is -1.79. The average molecular weight is 401 g/mol. The van der Waals surface area contributed by atoms with Gasteiger partial charge in [-0.05, 0) is 17.7 Å². The van der Waals surface area contributed by atoms with Crippen LogP contribution in [0.3, 0.4) is 0 Å². The van der Waals surface area contributed by atoms with Crippen molar-refractivity contribution in [3.05, 3.63) is 29.3 Å². The van der Waals surface area contributed by atoms with Crippen LogP contribution in [0.15, 0.2) is 18.2 Å². The molecule has 10 nitrogen and oxygen atoms in total. The molecule has 1 unspecified atom stereocenters. The van der Waals surface area contributed by atoms with Crippen molar-refractivity contribution in [1.82, 2.24) is 5.32 Å². The molecule has 1 fully saturated rings. The van der Waals surface area contributed by atoms with Crippen LogP contribution in [-0.4, -0.2) is 79.9 Å². The van der Waals surface area contributed by atoms with Gasteiger partial charge in [-0.15, -0.1) is 0 Å². The quantitative estimate of drug-likeness (QED) is 0.282. The highest BCUT2D eigenvalue weighted by Gasteiger charge is 2.47. The Morgan fingerprint density at radius 1 is 1.21 bits per heavy atom. The summed E-state index contributed by atoms with van der Waals surface area (Å²) in [4.78, 5) is 11.1. The normalized spacial score (nSPS) is 29.0. The van der Waals surface area contributed by atoms with Gasteiger partial charge in [-0.25, -0.2) is 4.79 Å². The van der Waals surface area contributed by atoms with Crippen LogP contribution in [0.5, 0.6) is 5.75 Å². The van der Waals surface area contributed by atoms with E-state index in [0.717, 1.165) is 0 Å². The van der Waals surface area contributed by atoms with Crippen molar-refractivity contribution < 1.29 is 44.9 Å². The van der Waals surface area contributed by atoms with Crippen LogP contribution >= 0.6 is 0 Å². The molecule has 0 bridgehead atoms. The number of carboxylic acid groups (broad SMARTS) is 1. The first kappa shape index (κ1) is 22.5. The Morgan fingerprint density at radius 3 is 2.50 bits per heavy atom. The molecule has 1 aromatic carbocycles. The number of carboxylic acids is 1. The number of carbonyl (C=O) groups is 1. The topological polar surface area (TPSA) is 169 Å². The first-order valence-corrected chi connectivity index (χ1v) is 8.89. The van der Waals surface area contributed by atoms with Crippen molar-refractivity contribution in [2.45, 2.75) is 63.3 Å². The Bertz CT molecular complexity index is 668. The molecule has 0 saturated carbocycles. The van der Waals surface area contributed by atoms with Gasteiger partial charge < -0.3 is 45.4 Å². The van der Waals surface area contributed by atoms with Crippen molar-refractivity contribution in [2.75, 3.05) is 6.54 Å². The lowest BCUT2D eigenvalue weighted by Crippen LogP contribution is -2.60. The molecular formula is C18H27NO9. The Balaban J connectivity index is 2.06. The van der Waals surface area contributed by atoms with E-state index >= 15 is 0 Å². The molecule has 1 aliphatic heterocycles. The summed E-state index contributed by atoms with van der Waals surface area (Å²) in [5.74, 6) is -1.65. The molecule has 1 heterocycles. The third-order valence-corrected chi connectivity index (χ3v) is 4.42. The predicted octanol–water partition coefficient (Wildman–Crippen LogP) is -1.17. The smallest absolute Gasteiger partial charge is 0.335 e. The highest BCUT2D eigenvalue weighted by atomic mass is 16.7. The highest BCUT2D eigenvalue weighted by Crippen LogP contribution is 2.27. The molecular weight excluding hydrogens is 374 g/mol. The number of nitrogens with one attached hydrogen (secondary N) is 1. The van der Waals surface area contributed by atoms with Crippen molar-refractivity contribution in [2.24, 2.45) is 0 Å². The second-order valence-electron chi connectivity index (χ2n) is 7.01. The third-order valence-electron chi connectivity index (χ3n) is 4.42. The fourth-order valence-electron chi connectivity index (χ4n) is 2.76. The van der Waals surface area contributed by atoms with Gasteiger partial charge in [0.15, 0.2) is 12.4 Å². The fourth-order valence-corrected chi connectivity index (χ4v) is 2.76. The summed E-state index contributed by atoms with van der Waals surface area (Å²) in [6.45, 7) is 3.89. The van der Waals surface area contributed by atoms with Gasteiger partial charge in [0.2, 0.25) is 0 Å². The maximum atomic E-state index is 11.1. The van der Waals surface area contributed by atoms with Crippen molar-refractivity contribution in [1.29, 1.82) is 0 Å². The summed E-state index contributed by atoms with van der Waals surface area (Å²) < 4.78 is 10.4. The molecule has 0 radical (unpaired) electrons. The number of rotatable bonds is 8. The van der Waals surface area contributed by atoms with Crippen molar-refractivity contribution >= 4 is 5.97 Å². The zero-order valence-electron chi connectivity index (χ0n) is 15.6. The number of phenolic OH excluding ortho intramolecular Hbond substituents is 1. The van der Waals surface area contributed by atoms with Gasteiger partial charge in [0, 0.05) is 18.2 Å². The number of aliphatic carboxylic acids is 1. The van der Waals surface area contributed by atoms with E-state index in [1.165, 1.54) is 12.1 Å². The zero-order chi connectivity index (χ0) is 21.0. The maximum Gasteiger partial charge on any atom is 0.335 e. The predicted molar refractivity (Wildman–Crippen MR) is 95.3 cm³/mol. The number of aliphatic hydroxyl groups excluding tert-OH is 4. The minimum absolute atomic E-state index is 0.131. The minimum atomic E-state index is -1.81. The molecule has 7 N–H and O–H groups in total. The fraction of sp³-hybridized carbons (Fsp3) is 0.611. The van der Waals surface area contributed by atoms with Gasteiger partial charge in [0.25, 0.3) is 0 Å². The van der Waals surface area contributed by atoms with Gasteiger partial charge in [-0.1, -0.05) is 19.9 Å². The van der Waals surface area contributed by atoms with Crippen LogP contribution in [0, 0.1) is 0 Å². The van der Waals surface area contributed by atoms with E-state index in [9.17, 15) is 30.3 Å². The summed E-state index contributed by atoms with van der Waals surface area (Å²) in [5.41, 5.74) is 0.790. The summed E-state index contributed by atoms with van der Waals surface area (Å²) >= 11 is 0. The molecule has 1 aromatic rings. The van der Waals surface area contributed by atoms with Crippen molar-refractivity contribution in [3.63, 3.8) is 0 Å². The number of aromatic hydroxyl groups is 1. The number of hydrogen-bond acceptors (Lipinski definition) is 9. The first-order valence-electron chi connectivity index (χ1n) is 8.89.